The largest absolute Gasteiger partial charge is 0.359 e. The molecular weight excluding hydrogens is 192 g/mol. The third-order valence-electron chi connectivity index (χ3n) is 2.10. The first-order valence-corrected chi connectivity index (χ1v) is 5.55. The summed E-state index contributed by atoms with van der Waals surface area (Å²) in [5.41, 5.74) is 2.40. The number of rotatable bonds is 1. The molecule has 0 fully saturated rings. The number of aromatic amines is 1. The molecule has 74 valence electrons. The van der Waals surface area contributed by atoms with Gasteiger partial charge in [-0.25, -0.2) is 4.98 Å². The third kappa shape index (κ3) is 1.73. The van der Waals surface area contributed by atoms with E-state index >= 15 is 0 Å². The van der Waals surface area contributed by atoms with Gasteiger partial charge in [0.05, 0.1) is 11.4 Å². The first kappa shape index (κ1) is 9.46. The summed E-state index contributed by atoms with van der Waals surface area (Å²) in [6.07, 6.45) is 1.92. The third-order valence-corrected chi connectivity index (χ3v) is 2.98. The minimum atomic E-state index is 0.140. The highest BCUT2D eigenvalue weighted by Gasteiger charge is 2.17. The maximum absolute atomic E-state index is 4.61. The molecule has 0 aliphatic heterocycles. The van der Waals surface area contributed by atoms with Crippen molar-refractivity contribution in [1.29, 1.82) is 0 Å². The van der Waals surface area contributed by atoms with Crippen LogP contribution in [-0.2, 0) is 5.41 Å². The minimum absolute atomic E-state index is 0.140. The summed E-state index contributed by atoms with van der Waals surface area (Å²) >= 11 is 1.69. The van der Waals surface area contributed by atoms with Gasteiger partial charge in [0.2, 0.25) is 0 Å². The Kier molecular flexibility index (Phi) is 2.19. The van der Waals surface area contributed by atoms with E-state index in [0.29, 0.717) is 0 Å². The number of hydrogen-bond donors (Lipinski definition) is 1. The van der Waals surface area contributed by atoms with Gasteiger partial charge in [0.1, 0.15) is 5.01 Å². The fourth-order valence-electron chi connectivity index (χ4n) is 1.21. The maximum atomic E-state index is 4.61. The fourth-order valence-corrected chi connectivity index (χ4v) is 2.24. The van der Waals surface area contributed by atoms with E-state index in [9.17, 15) is 0 Å². The minimum Gasteiger partial charge on any atom is -0.359 e. The van der Waals surface area contributed by atoms with Gasteiger partial charge < -0.3 is 4.98 Å². The number of nitrogens with one attached hydrogen (secondary N) is 1. The molecule has 0 radical (unpaired) electrons. The van der Waals surface area contributed by atoms with Crippen molar-refractivity contribution >= 4 is 11.3 Å². The SMILES string of the molecule is CC(C)(C)c1csc(-c2ccc[nH]2)n1. The van der Waals surface area contributed by atoms with Gasteiger partial charge in [-0.05, 0) is 12.1 Å². The first-order valence-electron chi connectivity index (χ1n) is 4.67. The average Bonchev–Trinajstić information content (AvgIpc) is 2.73. The van der Waals surface area contributed by atoms with Crippen molar-refractivity contribution < 1.29 is 0 Å². The standard InChI is InChI=1S/C11H14N2S/c1-11(2,3)9-7-14-10(13-9)8-5-4-6-12-8/h4-7,12H,1-3H3. The van der Waals surface area contributed by atoms with Crippen molar-refractivity contribution in [1.82, 2.24) is 9.97 Å². The highest BCUT2D eigenvalue weighted by Crippen LogP contribution is 2.28. The van der Waals surface area contributed by atoms with Crippen LogP contribution in [0.25, 0.3) is 10.7 Å². The van der Waals surface area contributed by atoms with Gasteiger partial charge >= 0.3 is 0 Å². The number of H-pyrrole nitrogens is 1. The van der Waals surface area contributed by atoms with E-state index in [1.165, 1.54) is 0 Å². The second-order valence-electron chi connectivity index (χ2n) is 4.37. The smallest absolute Gasteiger partial charge is 0.139 e. The average molecular weight is 206 g/mol. The molecule has 0 aliphatic carbocycles. The van der Waals surface area contributed by atoms with Gasteiger partial charge in [-0.3, -0.25) is 0 Å². The molecule has 0 atom stereocenters. The molecule has 2 rings (SSSR count). The van der Waals surface area contributed by atoms with E-state index in [1.807, 2.05) is 18.3 Å². The van der Waals surface area contributed by atoms with Crippen molar-refractivity contribution in [2.75, 3.05) is 0 Å². The summed E-state index contributed by atoms with van der Waals surface area (Å²) in [6, 6.07) is 4.04. The molecule has 1 N–H and O–H groups in total. The van der Waals surface area contributed by atoms with Gasteiger partial charge in [-0.15, -0.1) is 11.3 Å². The molecule has 0 saturated carbocycles. The lowest BCUT2D eigenvalue weighted by Crippen LogP contribution is -2.11. The monoisotopic (exact) mass is 206 g/mol. The van der Waals surface area contributed by atoms with Gasteiger partial charge in [0.25, 0.3) is 0 Å². The Morgan fingerprint density at radius 1 is 1.36 bits per heavy atom. The van der Waals surface area contributed by atoms with Gasteiger partial charge in [0.15, 0.2) is 0 Å². The number of nitrogens with zero attached hydrogens (tertiary/aromatic N) is 1. The molecule has 0 aliphatic rings. The molecule has 2 nitrogen and oxygen atoms in total. The molecule has 3 heteroatoms. The maximum Gasteiger partial charge on any atom is 0.139 e. The molecular formula is C11H14N2S. The number of hydrogen-bond acceptors (Lipinski definition) is 2. The van der Waals surface area contributed by atoms with Crippen LogP contribution in [0.5, 0.6) is 0 Å². The Morgan fingerprint density at radius 2 is 2.14 bits per heavy atom. The molecule has 2 aromatic rings. The van der Waals surface area contributed by atoms with E-state index in [0.717, 1.165) is 16.4 Å². The molecule has 0 unspecified atom stereocenters. The van der Waals surface area contributed by atoms with Crippen LogP contribution in [0.4, 0.5) is 0 Å². The van der Waals surface area contributed by atoms with Crippen LogP contribution in [0.2, 0.25) is 0 Å². The Balaban J connectivity index is 2.36. The van der Waals surface area contributed by atoms with Crippen molar-refractivity contribution in [3.63, 3.8) is 0 Å². The van der Waals surface area contributed by atoms with Crippen LogP contribution in [0.3, 0.4) is 0 Å². The van der Waals surface area contributed by atoms with E-state index in [4.69, 9.17) is 0 Å². The Bertz CT molecular complexity index is 407. The highest BCUT2D eigenvalue weighted by atomic mass is 32.1. The Hall–Kier alpha value is -1.09. The van der Waals surface area contributed by atoms with Crippen molar-refractivity contribution in [3.05, 3.63) is 29.4 Å². The van der Waals surface area contributed by atoms with Crippen molar-refractivity contribution in [2.24, 2.45) is 0 Å². The molecule has 2 aromatic heterocycles. The normalized spacial score (nSPS) is 11.9. The molecule has 0 bridgehead atoms. The van der Waals surface area contributed by atoms with E-state index in [1.54, 1.807) is 11.3 Å². The van der Waals surface area contributed by atoms with Crippen LogP contribution >= 0.6 is 11.3 Å². The van der Waals surface area contributed by atoms with Crippen molar-refractivity contribution in [3.8, 4) is 10.7 Å². The summed E-state index contributed by atoms with van der Waals surface area (Å²) in [4.78, 5) is 7.78. The predicted molar refractivity (Wildman–Crippen MR) is 60.6 cm³/mol. The van der Waals surface area contributed by atoms with Gasteiger partial charge in [0, 0.05) is 17.0 Å². The van der Waals surface area contributed by atoms with Gasteiger partial charge in [-0.1, -0.05) is 20.8 Å². The molecule has 2 heterocycles. The van der Waals surface area contributed by atoms with Crippen LogP contribution in [-0.4, -0.2) is 9.97 Å². The van der Waals surface area contributed by atoms with E-state index in [2.05, 4.69) is 36.1 Å². The summed E-state index contributed by atoms with van der Waals surface area (Å²) in [7, 11) is 0. The lowest BCUT2D eigenvalue weighted by Gasteiger charge is -2.14. The molecule has 0 spiro atoms. The Labute approximate surface area is 88.0 Å². The van der Waals surface area contributed by atoms with Crippen LogP contribution in [0, 0.1) is 0 Å². The van der Waals surface area contributed by atoms with E-state index < -0.39 is 0 Å². The molecule has 0 aromatic carbocycles. The van der Waals surface area contributed by atoms with Crippen LogP contribution < -0.4 is 0 Å². The Morgan fingerprint density at radius 3 is 2.64 bits per heavy atom. The molecule has 0 saturated heterocycles. The zero-order valence-electron chi connectivity index (χ0n) is 8.66. The summed E-state index contributed by atoms with van der Waals surface area (Å²) < 4.78 is 0. The van der Waals surface area contributed by atoms with E-state index in [-0.39, 0.29) is 5.41 Å². The highest BCUT2D eigenvalue weighted by molar-refractivity contribution is 7.13. The second-order valence-corrected chi connectivity index (χ2v) is 5.23. The number of aromatic nitrogens is 2. The summed E-state index contributed by atoms with van der Waals surface area (Å²) in [5, 5.41) is 3.20. The van der Waals surface area contributed by atoms with Gasteiger partial charge in [-0.2, -0.15) is 0 Å². The predicted octanol–water partition coefficient (Wildman–Crippen LogP) is 3.44. The van der Waals surface area contributed by atoms with Crippen LogP contribution in [0.1, 0.15) is 26.5 Å². The molecule has 14 heavy (non-hydrogen) atoms. The first-order chi connectivity index (χ1) is 6.57. The zero-order chi connectivity index (χ0) is 10.2. The van der Waals surface area contributed by atoms with Crippen LogP contribution in [0.15, 0.2) is 23.7 Å². The zero-order valence-corrected chi connectivity index (χ0v) is 9.48. The topological polar surface area (TPSA) is 28.7 Å². The quantitative estimate of drug-likeness (QED) is 0.760. The fraction of sp³-hybridized carbons (Fsp3) is 0.364. The number of thiazole rings is 1. The lowest BCUT2D eigenvalue weighted by atomic mass is 9.93. The summed E-state index contributed by atoms with van der Waals surface area (Å²) in [6.45, 7) is 6.54. The van der Waals surface area contributed by atoms with Crippen molar-refractivity contribution in [2.45, 2.75) is 26.2 Å². The molecule has 0 amide bonds. The second kappa shape index (κ2) is 3.24. The summed E-state index contributed by atoms with van der Waals surface area (Å²) in [5.74, 6) is 0. The lowest BCUT2D eigenvalue weighted by molar-refractivity contribution is 0.573.